The second-order valence-corrected chi connectivity index (χ2v) is 5.37. The first kappa shape index (κ1) is 14.9. The van der Waals surface area contributed by atoms with Gasteiger partial charge in [0, 0.05) is 29.8 Å². The maximum atomic E-state index is 12.0. The highest BCUT2D eigenvalue weighted by Crippen LogP contribution is 2.19. The number of nitro benzene ring substituents is 1. The molecule has 0 bridgehead atoms. The van der Waals surface area contributed by atoms with Crippen molar-refractivity contribution in [2.75, 3.05) is 0 Å². The lowest BCUT2D eigenvalue weighted by Crippen LogP contribution is -2.22. The van der Waals surface area contributed by atoms with E-state index in [0.29, 0.717) is 5.56 Å². The number of hydrogen-bond donors (Lipinski definition) is 1. The summed E-state index contributed by atoms with van der Waals surface area (Å²) >= 11 is 0. The minimum Gasteiger partial charge on any atom is -0.267 e. The minimum absolute atomic E-state index is 0.0447. The molecule has 0 saturated heterocycles. The van der Waals surface area contributed by atoms with Crippen LogP contribution in [0, 0.1) is 10.1 Å². The van der Waals surface area contributed by atoms with Gasteiger partial charge in [0.25, 0.3) is 11.6 Å². The van der Waals surface area contributed by atoms with Crippen molar-refractivity contribution >= 4 is 17.3 Å². The molecule has 6 nitrogen and oxygen atoms in total. The molecule has 1 aliphatic carbocycles. The van der Waals surface area contributed by atoms with E-state index in [1.165, 1.54) is 35.4 Å². The van der Waals surface area contributed by atoms with Crippen molar-refractivity contribution in [2.24, 2.45) is 5.10 Å². The Morgan fingerprint density at radius 1 is 1.04 bits per heavy atom. The quantitative estimate of drug-likeness (QED) is 0.699. The molecular formula is C17H15N3O3. The molecule has 0 radical (unpaired) electrons. The second kappa shape index (κ2) is 6.39. The molecule has 0 aliphatic heterocycles. The Kier molecular flexibility index (Phi) is 4.14. The Balaban J connectivity index is 1.66. The van der Waals surface area contributed by atoms with Gasteiger partial charge in [-0.3, -0.25) is 14.9 Å². The summed E-state index contributed by atoms with van der Waals surface area (Å²) in [6, 6.07) is 13.7. The lowest BCUT2D eigenvalue weighted by Gasteiger charge is -2.17. The van der Waals surface area contributed by atoms with Crippen molar-refractivity contribution in [1.82, 2.24) is 5.43 Å². The average Bonchev–Trinajstić information content (AvgIpc) is 2.59. The molecule has 1 N–H and O–H groups in total. The van der Waals surface area contributed by atoms with Gasteiger partial charge in [-0.05, 0) is 36.1 Å². The van der Waals surface area contributed by atoms with E-state index in [2.05, 4.69) is 22.7 Å². The average molecular weight is 309 g/mol. The number of carbonyl (C=O) groups excluding carboxylic acids is 1. The van der Waals surface area contributed by atoms with Crippen LogP contribution < -0.4 is 5.43 Å². The largest absolute Gasteiger partial charge is 0.271 e. The van der Waals surface area contributed by atoms with Gasteiger partial charge in [-0.15, -0.1) is 0 Å². The summed E-state index contributed by atoms with van der Waals surface area (Å²) in [5, 5.41) is 14.8. The van der Waals surface area contributed by atoms with Gasteiger partial charge in [0.05, 0.1) is 4.92 Å². The van der Waals surface area contributed by atoms with E-state index in [1.807, 2.05) is 12.1 Å². The first-order valence-corrected chi connectivity index (χ1v) is 7.30. The second-order valence-electron chi connectivity index (χ2n) is 5.37. The maximum Gasteiger partial charge on any atom is 0.271 e. The number of non-ortho nitro benzene ring substituents is 1. The zero-order valence-corrected chi connectivity index (χ0v) is 12.4. The predicted octanol–water partition coefficient (Wildman–Crippen LogP) is 2.87. The van der Waals surface area contributed by atoms with Gasteiger partial charge in [0.2, 0.25) is 0 Å². The van der Waals surface area contributed by atoms with Crippen LogP contribution in [-0.2, 0) is 12.8 Å². The molecular weight excluding hydrogens is 294 g/mol. The van der Waals surface area contributed by atoms with E-state index < -0.39 is 4.92 Å². The van der Waals surface area contributed by atoms with Crippen LogP contribution in [0.15, 0.2) is 53.6 Å². The SMILES string of the molecule is O=C(N/N=C1/CCc2ccccc2C1)c1ccc([N+](=O)[O-])cc1. The smallest absolute Gasteiger partial charge is 0.267 e. The molecule has 23 heavy (non-hydrogen) atoms. The first-order chi connectivity index (χ1) is 11.1. The first-order valence-electron chi connectivity index (χ1n) is 7.30. The van der Waals surface area contributed by atoms with E-state index in [0.717, 1.165) is 25.0 Å². The van der Waals surface area contributed by atoms with Gasteiger partial charge in [-0.1, -0.05) is 24.3 Å². The number of benzene rings is 2. The van der Waals surface area contributed by atoms with Crippen LogP contribution in [0.25, 0.3) is 0 Å². The molecule has 0 spiro atoms. The van der Waals surface area contributed by atoms with Crippen LogP contribution in [0.2, 0.25) is 0 Å². The number of carbonyl (C=O) groups is 1. The van der Waals surface area contributed by atoms with Crippen molar-refractivity contribution in [3.63, 3.8) is 0 Å². The molecule has 0 atom stereocenters. The molecule has 2 aromatic carbocycles. The molecule has 0 fully saturated rings. The standard InChI is InChI=1S/C17H15N3O3/c21-17(13-6-9-16(10-7-13)20(22)23)19-18-15-8-5-12-3-1-2-4-14(12)11-15/h1-4,6-7,9-10H,5,8,11H2,(H,19,21)/b18-15-. The highest BCUT2D eigenvalue weighted by Gasteiger charge is 2.14. The van der Waals surface area contributed by atoms with Gasteiger partial charge >= 0.3 is 0 Å². The third kappa shape index (κ3) is 3.42. The van der Waals surface area contributed by atoms with Gasteiger partial charge in [0.1, 0.15) is 0 Å². The van der Waals surface area contributed by atoms with Crippen molar-refractivity contribution < 1.29 is 9.72 Å². The molecule has 0 heterocycles. The number of hydrazone groups is 1. The van der Waals surface area contributed by atoms with Crippen molar-refractivity contribution in [2.45, 2.75) is 19.3 Å². The topological polar surface area (TPSA) is 84.6 Å². The van der Waals surface area contributed by atoms with E-state index in [1.54, 1.807) is 0 Å². The summed E-state index contributed by atoms with van der Waals surface area (Å²) in [6.07, 6.45) is 2.47. The molecule has 0 saturated carbocycles. The lowest BCUT2D eigenvalue weighted by molar-refractivity contribution is -0.384. The van der Waals surface area contributed by atoms with Crippen LogP contribution >= 0.6 is 0 Å². The molecule has 0 aromatic heterocycles. The summed E-state index contributed by atoms with van der Waals surface area (Å²) in [5.41, 5.74) is 6.32. The Hall–Kier alpha value is -3.02. The number of fused-ring (bicyclic) bond motifs is 1. The van der Waals surface area contributed by atoms with E-state index in [-0.39, 0.29) is 11.6 Å². The fourth-order valence-corrected chi connectivity index (χ4v) is 2.59. The molecule has 3 rings (SSSR count). The summed E-state index contributed by atoms with van der Waals surface area (Å²) in [5.74, 6) is -0.369. The maximum absolute atomic E-state index is 12.0. The molecule has 2 aromatic rings. The number of nitrogens with zero attached hydrogens (tertiary/aromatic N) is 2. The Morgan fingerprint density at radius 2 is 1.74 bits per heavy atom. The Labute approximate surface area is 133 Å². The fourth-order valence-electron chi connectivity index (χ4n) is 2.59. The molecule has 0 unspecified atom stereocenters. The summed E-state index contributed by atoms with van der Waals surface area (Å²) in [7, 11) is 0. The summed E-state index contributed by atoms with van der Waals surface area (Å²) < 4.78 is 0. The molecule has 1 aliphatic rings. The van der Waals surface area contributed by atoms with Crippen LogP contribution in [0.4, 0.5) is 5.69 Å². The van der Waals surface area contributed by atoms with Crippen LogP contribution in [0.1, 0.15) is 27.9 Å². The van der Waals surface area contributed by atoms with Crippen molar-refractivity contribution in [3.05, 3.63) is 75.3 Å². The predicted molar refractivity (Wildman–Crippen MR) is 86.5 cm³/mol. The third-order valence-corrected chi connectivity index (χ3v) is 3.85. The Morgan fingerprint density at radius 3 is 2.43 bits per heavy atom. The monoisotopic (exact) mass is 309 g/mol. The van der Waals surface area contributed by atoms with Crippen LogP contribution in [0.5, 0.6) is 0 Å². The highest BCUT2D eigenvalue weighted by molar-refractivity contribution is 5.96. The van der Waals surface area contributed by atoms with Gasteiger partial charge in [-0.25, -0.2) is 5.43 Å². The van der Waals surface area contributed by atoms with Crippen LogP contribution in [0.3, 0.4) is 0 Å². The van der Waals surface area contributed by atoms with Crippen molar-refractivity contribution in [1.29, 1.82) is 0 Å². The minimum atomic E-state index is -0.499. The van der Waals surface area contributed by atoms with E-state index >= 15 is 0 Å². The zero-order chi connectivity index (χ0) is 16.2. The number of nitrogens with one attached hydrogen (secondary N) is 1. The van der Waals surface area contributed by atoms with Crippen LogP contribution in [-0.4, -0.2) is 16.5 Å². The highest BCUT2D eigenvalue weighted by atomic mass is 16.6. The number of amides is 1. The fraction of sp³-hybridized carbons (Fsp3) is 0.176. The lowest BCUT2D eigenvalue weighted by atomic mass is 9.90. The van der Waals surface area contributed by atoms with Crippen molar-refractivity contribution in [3.8, 4) is 0 Å². The number of nitro groups is 1. The number of hydrogen-bond acceptors (Lipinski definition) is 4. The third-order valence-electron chi connectivity index (χ3n) is 3.85. The Bertz CT molecular complexity index is 782. The number of rotatable bonds is 3. The molecule has 116 valence electrons. The normalized spacial score (nSPS) is 15.0. The number of aryl methyl sites for hydroxylation is 1. The van der Waals surface area contributed by atoms with Gasteiger partial charge in [-0.2, -0.15) is 5.10 Å². The van der Waals surface area contributed by atoms with Gasteiger partial charge in [0.15, 0.2) is 0 Å². The summed E-state index contributed by atoms with van der Waals surface area (Å²) in [6.45, 7) is 0. The molecule has 1 amide bonds. The summed E-state index contributed by atoms with van der Waals surface area (Å²) in [4.78, 5) is 22.1. The van der Waals surface area contributed by atoms with E-state index in [4.69, 9.17) is 0 Å². The zero-order valence-electron chi connectivity index (χ0n) is 12.4. The van der Waals surface area contributed by atoms with Gasteiger partial charge < -0.3 is 0 Å². The van der Waals surface area contributed by atoms with E-state index in [9.17, 15) is 14.9 Å². The molecule has 6 heteroatoms.